The van der Waals surface area contributed by atoms with E-state index in [4.69, 9.17) is 4.74 Å². The molecule has 0 fully saturated rings. The highest BCUT2D eigenvalue weighted by molar-refractivity contribution is 9.10. The fraction of sp³-hybridized carbons (Fsp3) is 0.250. The number of methoxy groups -OCH3 is 1. The Bertz CT molecular complexity index is 554. The predicted octanol–water partition coefficient (Wildman–Crippen LogP) is 4.52. The van der Waals surface area contributed by atoms with Gasteiger partial charge in [-0.15, -0.1) is 0 Å². The molecule has 2 aromatic rings. The van der Waals surface area contributed by atoms with Crippen molar-refractivity contribution in [2.45, 2.75) is 20.1 Å². The number of hydrogen-bond donors (Lipinski definition) is 1. The van der Waals surface area contributed by atoms with Gasteiger partial charge in [-0.3, -0.25) is 0 Å². The van der Waals surface area contributed by atoms with E-state index in [0.29, 0.717) is 6.61 Å². The summed E-state index contributed by atoms with van der Waals surface area (Å²) in [6, 6.07) is 14.6. The molecular formula is C16H18BrNO. The van der Waals surface area contributed by atoms with Gasteiger partial charge in [-0.1, -0.05) is 46.3 Å². The third kappa shape index (κ3) is 3.82. The van der Waals surface area contributed by atoms with E-state index in [2.05, 4.69) is 58.5 Å². The van der Waals surface area contributed by atoms with Gasteiger partial charge < -0.3 is 10.1 Å². The van der Waals surface area contributed by atoms with Crippen LogP contribution in [-0.2, 0) is 17.9 Å². The predicted molar refractivity (Wildman–Crippen MR) is 83.4 cm³/mol. The van der Waals surface area contributed by atoms with E-state index >= 15 is 0 Å². The lowest BCUT2D eigenvalue weighted by molar-refractivity contribution is 0.185. The quantitative estimate of drug-likeness (QED) is 0.875. The van der Waals surface area contributed by atoms with Crippen LogP contribution in [0.2, 0.25) is 0 Å². The molecule has 100 valence electrons. The average molecular weight is 320 g/mol. The van der Waals surface area contributed by atoms with E-state index in [1.54, 1.807) is 7.11 Å². The van der Waals surface area contributed by atoms with Crippen molar-refractivity contribution in [2.24, 2.45) is 0 Å². The van der Waals surface area contributed by atoms with E-state index in [1.807, 2.05) is 12.1 Å². The van der Waals surface area contributed by atoms with Crippen LogP contribution in [-0.4, -0.2) is 7.11 Å². The average Bonchev–Trinajstić information content (AvgIpc) is 2.42. The van der Waals surface area contributed by atoms with Crippen molar-refractivity contribution >= 4 is 21.6 Å². The monoisotopic (exact) mass is 319 g/mol. The van der Waals surface area contributed by atoms with Crippen LogP contribution in [0.3, 0.4) is 0 Å². The minimum Gasteiger partial charge on any atom is -0.381 e. The number of rotatable bonds is 5. The first-order valence-corrected chi connectivity index (χ1v) is 7.05. The van der Waals surface area contributed by atoms with E-state index < -0.39 is 0 Å². The molecule has 0 atom stereocenters. The van der Waals surface area contributed by atoms with Gasteiger partial charge in [0, 0.05) is 29.4 Å². The molecule has 0 amide bonds. The first-order chi connectivity index (χ1) is 9.20. The van der Waals surface area contributed by atoms with Gasteiger partial charge in [-0.2, -0.15) is 0 Å². The van der Waals surface area contributed by atoms with E-state index in [0.717, 1.165) is 16.7 Å². The second kappa shape index (κ2) is 6.73. The van der Waals surface area contributed by atoms with Crippen LogP contribution >= 0.6 is 15.9 Å². The Morgan fingerprint density at radius 3 is 2.68 bits per heavy atom. The van der Waals surface area contributed by atoms with Gasteiger partial charge >= 0.3 is 0 Å². The molecule has 19 heavy (non-hydrogen) atoms. The van der Waals surface area contributed by atoms with Gasteiger partial charge in [0.05, 0.1) is 6.61 Å². The number of para-hydroxylation sites is 1. The molecule has 0 aromatic heterocycles. The lowest BCUT2D eigenvalue weighted by Gasteiger charge is -2.12. The molecule has 0 spiro atoms. The topological polar surface area (TPSA) is 21.3 Å². The molecule has 0 aliphatic carbocycles. The number of hydrogen-bond acceptors (Lipinski definition) is 2. The van der Waals surface area contributed by atoms with E-state index in [9.17, 15) is 0 Å². The summed E-state index contributed by atoms with van der Waals surface area (Å²) in [5.41, 5.74) is 4.83. The van der Waals surface area contributed by atoms with Crippen LogP contribution in [0.5, 0.6) is 0 Å². The third-order valence-corrected chi connectivity index (χ3v) is 3.91. The molecule has 0 unspecified atom stereocenters. The summed E-state index contributed by atoms with van der Waals surface area (Å²) in [6.07, 6.45) is 0. The molecule has 0 saturated heterocycles. The molecule has 2 rings (SSSR count). The normalized spacial score (nSPS) is 10.5. The summed E-state index contributed by atoms with van der Waals surface area (Å²) in [4.78, 5) is 0. The molecule has 3 heteroatoms. The zero-order valence-corrected chi connectivity index (χ0v) is 12.8. The lowest BCUT2D eigenvalue weighted by atomic mass is 10.1. The fourth-order valence-electron chi connectivity index (χ4n) is 1.99. The molecular weight excluding hydrogens is 302 g/mol. The SMILES string of the molecule is COCc1ccccc1NCc1ccc(Br)c(C)c1. The number of benzene rings is 2. The van der Waals surface area contributed by atoms with Crippen LogP contribution < -0.4 is 5.32 Å². The second-order valence-electron chi connectivity index (χ2n) is 4.53. The molecule has 0 heterocycles. The molecule has 2 nitrogen and oxygen atoms in total. The molecule has 2 aromatic carbocycles. The van der Waals surface area contributed by atoms with Crippen LogP contribution in [0.15, 0.2) is 46.9 Å². The third-order valence-electron chi connectivity index (χ3n) is 3.02. The van der Waals surface area contributed by atoms with Crippen molar-refractivity contribution in [3.63, 3.8) is 0 Å². The smallest absolute Gasteiger partial charge is 0.0733 e. The summed E-state index contributed by atoms with van der Waals surface area (Å²) in [5.74, 6) is 0. The second-order valence-corrected chi connectivity index (χ2v) is 5.38. The van der Waals surface area contributed by atoms with Crippen LogP contribution in [0.1, 0.15) is 16.7 Å². The molecule has 0 bridgehead atoms. The Morgan fingerprint density at radius 2 is 1.95 bits per heavy atom. The first-order valence-electron chi connectivity index (χ1n) is 6.26. The zero-order valence-electron chi connectivity index (χ0n) is 11.2. The molecule has 1 N–H and O–H groups in total. The Morgan fingerprint density at radius 1 is 1.16 bits per heavy atom. The summed E-state index contributed by atoms with van der Waals surface area (Å²) < 4.78 is 6.36. The standard InChI is InChI=1S/C16H18BrNO/c1-12-9-13(7-8-15(12)17)10-18-16-6-4-3-5-14(16)11-19-2/h3-9,18H,10-11H2,1-2H3. The summed E-state index contributed by atoms with van der Waals surface area (Å²) >= 11 is 3.52. The maximum Gasteiger partial charge on any atom is 0.0733 e. The molecule has 0 aliphatic heterocycles. The number of ether oxygens (including phenoxy) is 1. The van der Waals surface area contributed by atoms with Crippen molar-refractivity contribution in [1.29, 1.82) is 0 Å². The van der Waals surface area contributed by atoms with E-state index in [1.165, 1.54) is 16.7 Å². The molecule has 0 radical (unpaired) electrons. The van der Waals surface area contributed by atoms with Crippen molar-refractivity contribution in [3.8, 4) is 0 Å². The van der Waals surface area contributed by atoms with Gasteiger partial charge in [0.1, 0.15) is 0 Å². The number of aryl methyl sites for hydroxylation is 1. The summed E-state index contributed by atoms with van der Waals surface area (Å²) in [7, 11) is 1.72. The van der Waals surface area contributed by atoms with Gasteiger partial charge in [-0.05, 0) is 30.2 Å². The highest BCUT2D eigenvalue weighted by Crippen LogP contribution is 2.20. The van der Waals surface area contributed by atoms with Gasteiger partial charge in [-0.25, -0.2) is 0 Å². The Hall–Kier alpha value is -1.32. The zero-order chi connectivity index (χ0) is 13.7. The van der Waals surface area contributed by atoms with Gasteiger partial charge in [0.15, 0.2) is 0 Å². The largest absolute Gasteiger partial charge is 0.381 e. The fourth-order valence-corrected chi connectivity index (χ4v) is 2.23. The Kier molecular flexibility index (Phi) is 5.00. The van der Waals surface area contributed by atoms with Crippen LogP contribution in [0.4, 0.5) is 5.69 Å². The number of halogens is 1. The maximum atomic E-state index is 5.21. The summed E-state index contributed by atoms with van der Waals surface area (Å²) in [6.45, 7) is 3.55. The number of anilines is 1. The number of nitrogens with one attached hydrogen (secondary N) is 1. The first kappa shape index (κ1) is 14.1. The van der Waals surface area contributed by atoms with E-state index in [-0.39, 0.29) is 0 Å². The van der Waals surface area contributed by atoms with Gasteiger partial charge in [0.2, 0.25) is 0 Å². The molecule has 0 aliphatic rings. The van der Waals surface area contributed by atoms with Gasteiger partial charge in [0.25, 0.3) is 0 Å². The minimum atomic E-state index is 0.628. The minimum absolute atomic E-state index is 0.628. The van der Waals surface area contributed by atoms with Crippen molar-refractivity contribution in [3.05, 3.63) is 63.6 Å². The molecule has 0 saturated carbocycles. The van der Waals surface area contributed by atoms with Crippen molar-refractivity contribution in [1.82, 2.24) is 0 Å². The highest BCUT2D eigenvalue weighted by Gasteiger charge is 2.02. The maximum absolute atomic E-state index is 5.21. The Labute approximate surface area is 122 Å². The highest BCUT2D eigenvalue weighted by atomic mass is 79.9. The van der Waals surface area contributed by atoms with Crippen molar-refractivity contribution < 1.29 is 4.74 Å². The lowest BCUT2D eigenvalue weighted by Crippen LogP contribution is -2.03. The summed E-state index contributed by atoms with van der Waals surface area (Å²) in [5, 5.41) is 3.47. The van der Waals surface area contributed by atoms with Crippen LogP contribution in [0.25, 0.3) is 0 Å². The van der Waals surface area contributed by atoms with Crippen molar-refractivity contribution in [2.75, 3.05) is 12.4 Å². The van der Waals surface area contributed by atoms with Crippen LogP contribution in [0, 0.1) is 6.92 Å². The Balaban J connectivity index is 2.07.